The first-order chi connectivity index (χ1) is 34.2. The van der Waals surface area contributed by atoms with Crippen molar-refractivity contribution in [3.8, 4) is 23.0 Å². The number of amides is 1. The first-order valence-corrected chi connectivity index (χ1v) is 26.1. The van der Waals surface area contributed by atoms with Crippen molar-refractivity contribution in [3.05, 3.63) is 115 Å². The van der Waals surface area contributed by atoms with Gasteiger partial charge in [-0.2, -0.15) is 0 Å². The summed E-state index contributed by atoms with van der Waals surface area (Å²) in [5, 5.41) is 2.98. The number of carbonyl (C=O) groups excluding carboxylic acids is 4. The Labute approximate surface area is 435 Å². The van der Waals surface area contributed by atoms with E-state index in [9.17, 15) is 19.2 Å². The Morgan fingerprint density at radius 1 is 0.384 bits per heavy atom. The summed E-state index contributed by atoms with van der Waals surface area (Å²) in [5.74, 6) is 0.295. The molecule has 12 nitrogen and oxygen atoms in total. The third-order valence-corrected chi connectivity index (χ3v) is 12.8. The van der Waals surface area contributed by atoms with Crippen LogP contribution in [-0.4, -0.2) is 76.6 Å². The minimum atomic E-state index is -0.510. The van der Waals surface area contributed by atoms with Gasteiger partial charge in [0.05, 0.1) is 19.8 Å². The van der Waals surface area contributed by atoms with Crippen LogP contribution in [0.15, 0.2) is 48.5 Å². The summed E-state index contributed by atoms with van der Waals surface area (Å²) in [7, 11) is 0. The lowest BCUT2D eigenvalue weighted by Gasteiger charge is -2.29. The molecule has 1 N–H and O–H groups in total. The summed E-state index contributed by atoms with van der Waals surface area (Å²) in [6.45, 7) is 33.1. The van der Waals surface area contributed by atoms with E-state index in [0.717, 1.165) is 73.2 Å². The van der Waals surface area contributed by atoms with Crippen LogP contribution in [0, 0.1) is 0 Å². The fourth-order valence-corrected chi connectivity index (χ4v) is 8.82. The lowest BCUT2D eigenvalue weighted by atomic mass is 9.79. The highest BCUT2D eigenvalue weighted by atomic mass is 16.6. The van der Waals surface area contributed by atoms with E-state index in [4.69, 9.17) is 33.2 Å². The number of carbonyl (C=O) groups is 4. The molecule has 73 heavy (non-hydrogen) atoms. The van der Waals surface area contributed by atoms with Crippen LogP contribution in [0.5, 0.6) is 23.0 Å². The molecule has 0 spiro atoms. The van der Waals surface area contributed by atoms with Gasteiger partial charge in [-0.3, -0.25) is 4.79 Å². The molecular weight excluding hydrogens is 923 g/mol. The van der Waals surface area contributed by atoms with Crippen molar-refractivity contribution in [3.63, 3.8) is 0 Å². The van der Waals surface area contributed by atoms with Gasteiger partial charge in [0.1, 0.15) is 23.0 Å². The topological polar surface area (TPSA) is 145 Å². The van der Waals surface area contributed by atoms with Gasteiger partial charge < -0.3 is 38.5 Å². The number of hydrogen-bond acceptors (Lipinski definition) is 11. The molecule has 4 aromatic carbocycles. The molecule has 1 amide bonds. The molecule has 0 fully saturated rings. The van der Waals surface area contributed by atoms with Gasteiger partial charge in [-0.25, -0.2) is 14.4 Å². The lowest BCUT2D eigenvalue weighted by Crippen LogP contribution is -2.29. The molecule has 0 unspecified atom stereocenters. The van der Waals surface area contributed by atoms with E-state index in [2.05, 4.69) is 137 Å². The number of esters is 3. The van der Waals surface area contributed by atoms with Crippen molar-refractivity contribution in [2.45, 2.75) is 165 Å². The molecule has 1 aliphatic rings. The number of fused-ring (bicyclic) bond motifs is 8. The predicted octanol–water partition coefficient (Wildman–Crippen LogP) is 11.3. The highest BCUT2D eigenvalue weighted by molar-refractivity contribution is 5.78. The second-order valence-electron chi connectivity index (χ2n) is 23.1. The Kier molecular flexibility index (Phi) is 19.3. The number of rotatable bonds is 17. The average molecular weight is 1010 g/mol. The van der Waals surface area contributed by atoms with E-state index in [1.54, 1.807) is 20.8 Å². The van der Waals surface area contributed by atoms with Gasteiger partial charge in [0.2, 0.25) is 0 Å². The van der Waals surface area contributed by atoms with Gasteiger partial charge in [-0.05, 0) is 116 Å². The Hall–Kier alpha value is -6.04. The van der Waals surface area contributed by atoms with Gasteiger partial charge in [0, 0.05) is 32.2 Å². The molecule has 12 heteroatoms. The van der Waals surface area contributed by atoms with E-state index in [0.29, 0.717) is 29.5 Å². The first kappa shape index (κ1) is 57.9. The normalized spacial score (nSPS) is 12.9. The van der Waals surface area contributed by atoms with Crippen LogP contribution in [0.1, 0.15) is 184 Å². The molecule has 0 saturated heterocycles. The maximum absolute atomic E-state index is 13.5. The van der Waals surface area contributed by atoms with Crippen LogP contribution in [0.3, 0.4) is 0 Å². The summed E-state index contributed by atoms with van der Waals surface area (Å²) in [5.41, 5.74) is 9.16. The van der Waals surface area contributed by atoms with Crippen LogP contribution >= 0.6 is 0 Å². The number of nitrogens with one attached hydrogen (secondary N) is 1. The smallest absolute Gasteiger partial charge is 0.344 e. The fourth-order valence-electron chi connectivity index (χ4n) is 8.82. The summed E-state index contributed by atoms with van der Waals surface area (Å²) in [4.78, 5) is 53.2. The van der Waals surface area contributed by atoms with Gasteiger partial charge in [0.25, 0.3) is 5.91 Å². The minimum absolute atomic E-state index is 0.191. The fraction of sp³-hybridized carbons (Fsp3) is 0.541. The molecule has 1 aliphatic carbocycles. The van der Waals surface area contributed by atoms with Crippen molar-refractivity contribution < 1.29 is 52.3 Å². The van der Waals surface area contributed by atoms with Crippen LogP contribution in [-0.2, 0) is 80.7 Å². The molecule has 5 rings (SSSR count). The van der Waals surface area contributed by atoms with Gasteiger partial charge >= 0.3 is 17.9 Å². The highest BCUT2D eigenvalue weighted by Crippen LogP contribution is 2.44. The van der Waals surface area contributed by atoms with Crippen molar-refractivity contribution >= 4 is 23.8 Å². The van der Waals surface area contributed by atoms with Gasteiger partial charge in [-0.15, -0.1) is 0 Å². The molecular formula is C61H83NO11. The van der Waals surface area contributed by atoms with Gasteiger partial charge in [-0.1, -0.05) is 139 Å². The van der Waals surface area contributed by atoms with Crippen molar-refractivity contribution in [2.75, 3.05) is 52.8 Å². The zero-order chi connectivity index (χ0) is 54.1. The quantitative estimate of drug-likeness (QED) is 0.0702. The second kappa shape index (κ2) is 24.3. The lowest BCUT2D eigenvalue weighted by molar-refractivity contribution is -0.146. The molecule has 0 atom stereocenters. The molecule has 0 aliphatic heterocycles. The Bertz CT molecular complexity index is 2480. The van der Waals surface area contributed by atoms with Crippen LogP contribution < -0.4 is 24.3 Å². The standard InChI is InChI=1S/C61H83NO11/c1-17-21-62-50(63)34-70-54-38-22-40-28-47(59(8,9)10)30-42(55(40)71-35-51(64)67-18-2)24-44-32-49(61(14,15)16)33-45(57(44)73-37-53(66)69-20-4)25-43-31-48(60(11,12)13)29-41(56(43)72-36-52(65)68-19-3)23-39(54)27-46(26-38)58(5,6)7/h26-33H,17-25,34-37H2,1-16H3,(H,62,63). The Balaban J connectivity index is 2.03. The van der Waals surface area contributed by atoms with E-state index in [1.807, 2.05) is 6.92 Å². The van der Waals surface area contributed by atoms with Crippen LogP contribution in [0.2, 0.25) is 0 Å². The summed E-state index contributed by atoms with van der Waals surface area (Å²) in [6, 6.07) is 17.1. The zero-order valence-electron chi connectivity index (χ0n) is 46.8. The van der Waals surface area contributed by atoms with E-state index in [1.165, 1.54) is 0 Å². The van der Waals surface area contributed by atoms with E-state index in [-0.39, 0.29) is 99.5 Å². The summed E-state index contributed by atoms with van der Waals surface area (Å²) in [6.07, 6.45) is 1.90. The Morgan fingerprint density at radius 2 is 0.603 bits per heavy atom. The highest BCUT2D eigenvalue weighted by Gasteiger charge is 2.30. The number of benzene rings is 4. The summed E-state index contributed by atoms with van der Waals surface area (Å²) < 4.78 is 43.1. The van der Waals surface area contributed by atoms with Crippen molar-refractivity contribution in [2.24, 2.45) is 0 Å². The number of hydrogen-bond donors (Lipinski definition) is 1. The monoisotopic (exact) mass is 1010 g/mol. The van der Waals surface area contributed by atoms with Crippen molar-refractivity contribution in [1.29, 1.82) is 0 Å². The van der Waals surface area contributed by atoms with E-state index < -0.39 is 17.9 Å². The average Bonchev–Trinajstić information content (AvgIpc) is 3.28. The number of ether oxygens (including phenoxy) is 7. The maximum Gasteiger partial charge on any atom is 0.344 e. The molecule has 0 saturated carbocycles. The minimum Gasteiger partial charge on any atom is -0.483 e. The van der Waals surface area contributed by atoms with Crippen molar-refractivity contribution in [1.82, 2.24) is 5.32 Å². The second-order valence-corrected chi connectivity index (χ2v) is 23.1. The summed E-state index contributed by atoms with van der Waals surface area (Å²) >= 11 is 0. The largest absolute Gasteiger partial charge is 0.483 e. The third-order valence-electron chi connectivity index (χ3n) is 12.8. The zero-order valence-corrected chi connectivity index (χ0v) is 46.8. The molecule has 0 radical (unpaired) electrons. The molecule has 8 bridgehead atoms. The SMILES string of the molecule is CCCNC(=O)COc1c2cc(C(C)(C)C)cc1Cc1cc(C(C)(C)C)cc(c1OCC(=O)OCC)Cc1cc(C(C)(C)C)cc(c1OCC(=O)OCC)Cc1cc(C(C)(C)C)cc(c1OCC(=O)OCC)C2. The third kappa shape index (κ3) is 15.7. The maximum atomic E-state index is 13.5. The molecule has 398 valence electrons. The molecule has 0 heterocycles. The van der Waals surface area contributed by atoms with Crippen LogP contribution in [0.25, 0.3) is 0 Å². The van der Waals surface area contributed by atoms with Gasteiger partial charge in [0.15, 0.2) is 26.4 Å². The molecule has 0 aromatic heterocycles. The molecule has 4 aromatic rings. The van der Waals surface area contributed by atoms with E-state index >= 15 is 0 Å². The Morgan fingerprint density at radius 3 is 0.795 bits per heavy atom. The van der Waals surface area contributed by atoms with Crippen LogP contribution in [0.4, 0.5) is 0 Å². The predicted molar refractivity (Wildman–Crippen MR) is 287 cm³/mol. The first-order valence-electron chi connectivity index (χ1n) is 26.1.